The van der Waals surface area contributed by atoms with Crippen LogP contribution in [0.5, 0.6) is 0 Å². The lowest BCUT2D eigenvalue weighted by Crippen LogP contribution is -2.52. The largest absolute Gasteiger partial charge is 0.376 e. The van der Waals surface area contributed by atoms with Crippen molar-refractivity contribution < 1.29 is 14.2 Å². The molecule has 2 saturated heterocycles. The number of rotatable bonds is 5. The van der Waals surface area contributed by atoms with Crippen molar-refractivity contribution in [3.05, 3.63) is 35.4 Å². The maximum Gasteiger partial charge on any atom is 0.116 e. The van der Waals surface area contributed by atoms with Crippen molar-refractivity contribution in [1.82, 2.24) is 0 Å². The maximum absolute atomic E-state index is 6.49. The molecule has 2 heterocycles. The molecule has 0 saturated carbocycles. The first-order valence-electron chi connectivity index (χ1n) is 8.32. The van der Waals surface area contributed by atoms with E-state index in [1.165, 1.54) is 11.1 Å². The van der Waals surface area contributed by atoms with Gasteiger partial charge in [-0.3, -0.25) is 0 Å². The van der Waals surface area contributed by atoms with Crippen LogP contribution >= 0.6 is 0 Å². The molecule has 0 aromatic heterocycles. The van der Waals surface area contributed by atoms with Gasteiger partial charge >= 0.3 is 0 Å². The first kappa shape index (κ1) is 16.0. The van der Waals surface area contributed by atoms with E-state index in [4.69, 9.17) is 14.2 Å². The van der Waals surface area contributed by atoms with E-state index in [1.807, 2.05) is 0 Å². The van der Waals surface area contributed by atoms with Gasteiger partial charge in [-0.05, 0) is 43.7 Å². The molecular formula is C19H28O3. The van der Waals surface area contributed by atoms with Gasteiger partial charge in [0, 0.05) is 7.11 Å². The van der Waals surface area contributed by atoms with Gasteiger partial charge in [-0.1, -0.05) is 38.1 Å². The molecule has 2 aliphatic heterocycles. The maximum atomic E-state index is 6.49. The molecule has 0 aliphatic carbocycles. The number of hydrogen-bond donors (Lipinski definition) is 0. The highest BCUT2D eigenvalue weighted by atomic mass is 16.6. The summed E-state index contributed by atoms with van der Waals surface area (Å²) in [5.41, 5.74) is 2.08. The predicted octanol–water partition coefficient (Wildman–Crippen LogP) is 3.87. The van der Waals surface area contributed by atoms with Crippen molar-refractivity contribution in [3.63, 3.8) is 0 Å². The van der Waals surface area contributed by atoms with Crippen molar-refractivity contribution in [2.45, 2.75) is 70.6 Å². The molecule has 2 fully saturated rings. The summed E-state index contributed by atoms with van der Waals surface area (Å²) in [5.74, 6) is 0.423. The summed E-state index contributed by atoms with van der Waals surface area (Å²) in [6, 6.07) is 8.38. The molecule has 0 N–H and O–H groups in total. The number of methoxy groups -OCH3 is 1. The van der Waals surface area contributed by atoms with Gasteiger partial charge in [0.2, 0.25) is 0 Å². The molecule has 3 nitrogen and oxygen atoms in total. The van der Waals surface area contributed by atoms with Crippen molar-refractivity contribution in [2.75, 3.05) is 7.11 Å². The van der Waals surface area contributed by atoms with Crippen LogP contribution in [-0.4, -0.2) is 30.5 Å². The van der Waals surface area contributed by atoms with Gasteiger partial charge in [0.25, 0.3) is 0 Å². The molecule has 0 unspecified atom stereocenters. The molecule has 2 aliphatic rings. The first-order valence-corrected chi connectivity index (χ1v) is 8.32. The third-order valence-corrected chi connectivity index (χ3v) is 5.70. The zero-order valence-corrected chi connectivity index (χ0v) is 14.4. The van der Waals surface area contributed by atoms with Gasteiger partial charge in [0.1, 0.15) is 17.8 Å². The third kappa shape index (κ3) is 2.31. The van der Waals surface area contributed by atoms with Crippen LogP contribution in [0.15, 0.2) is 24.3 Å². The second-order valence-electron chi connectivity index (χ2n) is 7.34. The molecule has 3 rings (SSSR count). The van der Waals surface area contributed by atoms with Crippen molar-refractivity contribution >= 4 is 0 Å². The molecule has 0 spiro atoms. The van der Waals surface area contributed by atoms with Gasteiger partial charge in [-0.2, -0.15) is 0 Å². The average Bonchev–Trinajstić information content (AvgIpc) is 2.96. The van der Waals surface area contributed by atoms with Crippen LogP contribution in [0.3, 0.4) is 0 Å². The topological polar surface area (TPSA) is 27.7 Å². The molecule has 2 bridgehead atoms. The third-order valence-electron chi connectivity index (χ3n) is 5.70. The monoisotopic (exact) mass is 304 g/mol. The van der Waals surface area contributed by atoms with Gasteiger partial charge in [0.15, 0.2) is 0 Å². The summed E-state index contributed by atoms with van der Waals surface area (Å²) < 4.78 is 18.7. The Hall–Kier alpha value is -0.900. The number of ether oxygens (including phenoxy) is 3. The molecule has 0 radical (unpaired) electrons. The van der Waals surface area contributed by atoms with Crippen molar-refractivity contribution in [3.8, 4) is 0 Å². The highest BCUT2D eigenvalue weighted by Crippen LogP contribution is 2.56. The Labute approximate surface area is 134 Å². The van der Waals surface area contributed by atoms with Gasteiger partial charge in [0.05, 0.1) is 12.2 Å². The fraction of sp³-hybridized carbons (Fsp3) is 0.684. The van der Waals surface area contributed by atoms with Crippen LogP contribution < -0.4 is 0 Å². The molecule has 122 valence electrons. The zero-order valence-electron chi connectivity index (χ0n) is 14.4. The Kier molecular flexibility index (Phi) is 4.09. The van der Waals surface area contributed by atoms with Crippen LogP contribution in [-0.2, 0) is 20.8 Å². The smallest absolute Gasteiger partial charge is 0.116 e. The fourth-order valence-electron chi connectivity index (χ4n) is 4.23. The van der Waals surface area contributed by atoms with E-state index in [0.29, 0.717) is 12.5 Å². The minimum atomic E-state index is -0.229. The second-order valence-corrected chi connectivity index (χ2v) is 7.34. The van der Waals surface area contributed by atoms with Gasteiger partial charge < -0.3 is 14.2 Å². The summed E-state index contributed by atoms with van der Waals surface area (Å²) in [7, 11) is 1.78. The highest BCUT2D eigenvalue weighted by Gasteiger charge is 2.67. The molecule has 3 heteroatoms. The minimum absolute atomic E-state index is 0.00624. The van der Waals surface area contributed by atoms with Crippen LogP contribution in [0, 0.1) is 12.8 Å². The van der Waals surface area contributed by atoms with Crippen LogP contribution in [0.4, 0.5) is 0 Å². The predicted molar refractivity (Wildman–Crippen MR) is 86.8 cm³/mol. The van der Waals surface area contributed by atoms with Crippen LogP contribution in [0.2, 0.25) is 0 Å². The van der Waals surface area contributed by atoms with E-state index < -0.39 is 0 Å². The van der Waals surface area contributed by atoms with Crippen molar-refractivity contribution in [1.29, 1.82) is 0 Å². The Balaban J connectivity index is 1.80. The van der Waals surface area contributed by atoms with Crippen LogP contribution in [0.1, 0.15) is 44.7 Å². The SMILES string of the molecule is CO[C@@H]1[C@@H](OCc2ccccc2C)[C@]2(C)CC[C@@]1(C(C)C)O2. The highest BCUT2D eigenvalue weighted by molar-refractivity contribution is 5.25. The second kappa shape index (κ2) is 5.63. The zero-order chi connectivity index (χ0) is 16.0. The molecule has 1 aromatic carbocycles. The van der Waals surface area contributed by atoms with E-state index in [9.17, 15) is 0 Å². The lowest BCUT2D eigenvalue weighted by Gasteiger charge is -2.39. The average molecular weight is 304 g/mol. The summed E-state index contributed by atoms with van der Waals surface area (Å²) in [6.45, 7) is 9.37. The standard InChI is InChI=1S/C19H28O3/c1-13(2)19-11-10-18(4,22-19)16(17(19)20-5)21-12-15-9-7-6-8-14(15)3/h6-9,13,16-17H,10-12H2,1-5H3/t16-,17-,18+,19+/m1/s1. The molecule has 0 amide bonds. The molecule has 4 atom stereocenters. The number of benzene rings is 1. The lowest BCUT2D eigenvalue weighted by atomic mass is 9.73. The number of aryl methyl sites for hydroxylation is 1. The van der Waals surface area contributed by atoms with Gasteiger partial charge in [-0.15, -0.1) is 0 Å². The molecule has 22 heavy (non-hydrogen) atoms. The first-order chi connectivity index (χ1) is 10.4. The van der Waals surface area contributed by atoms with E-state index in [2.05, 4.69) is 52.0 Å². The minimum Gasteiger partial charge on any atom is -0.376 e. The fourth-order valence-corrected chi connectivity index (χ4v) is 4.23. The van der Waals surface area contributed by atoms with E-state index in [1.54, 1.807) is 7.11 Å². The van der Waals surface area contributed by atoms with E-state index in [-0.39, 0.29) is 23.4 Å². The Morgan fingerprint density at radius 2 is 1.95 bits per heavy atom. The summed E-state index contributed by atoms with van der Waals surface area (Å²) in [5, 5.41) is 0. The lowest BCUT2D eigenvalue weighted by molar-refractivity contribution is -0.110. The number of fused-ring (bicyclic) bond motifs is 2. The Morgan fingerprint density at radius 1 is 1.23 bits per heavy atom. The molecule has 1 aromatic rings. The normalized spacial score (nSPS) is 37.2. The summed E-state index contributed by atoms with van der Waals surface area (Å²) in [6.07, 6.45) is 2.11. The quantitative estimate of drug-likeness (QED) is 0.826. The van der Waals surface area contributed by atoms with E-state index >= 15 is 0 Å². The Morgan fingerprint density at radius 3 is 2.59 bits per heavy atom. The summed E-state index contributed by atoms with van der Waals surface area (Å²) in [4.78, 5) is 0. The molecular weight excluding hydrogens is 276 g/mol. The summed E-state index contributed by atoms with van der Waals surface area (Å²) >= 11 is 0. The number of hydrogen-bond acceptors (Lipinski definition) is 3. The van der Waals surface area contributed by atoms with Gasteiger partial charge in [-0.25, -0.2) is 0 Å². The van der Waals surface area contributed by atoms with Crippen molar-refractivity contribution in [2.24, 2.45) is 5.92 Å². The van der Waals surface area contributed by atoms with Crippen LogP contribution in [0.25, 0.3) is 0 Å². The van der Waals surface area contributed by atoms with E-state index in [0.717, 1.165) is 12.8 Å². The Bertz CT molecular complexity index is 541.